The van der Waals surface area contributed by atoms with E-state index in [1.54, 1.807) is 18.2 Å². The summed E-state index contributed by atoms with van der Waals surface area (Å²) in [5, 5.41) is 51.6. The molecule has 9 atom stereocenters. The maximum atomic E-state index is 13.0. The minimum atomic E-state index is -5.39. The highest BCUT2D eigenvalue weighted by Crippen LogP contribution is 2.49. The van der Waals surface area contributed by atoms with Gasteiger partial charge in [0.1, 0.15) is 43.2 Å². The number of aliphatic hydroxyl groups excluding tert-OH is 5. The first-order valence-electron chi connectivity index (χ1n) is 22.9. The number of aliphatic hydroxyl groups is 5. The van der Waals surface area contributed by atoms with Crippen LogP contribution in [-0.2, 0) is 41.8 Å². The molecule has 0 aromatic carbocycles. The van der Waals surface area contributed by atoms with Gasteiger partial charge in [-0.3, -0.25) is 23.2 Å². The first-order valence-corrected chi connectivity index (χ1v) is 25.9. The predicted octanol–water partition coefficient (Wildman–Crippen LogP) is 7.36. The predicted molar refractivity (Wildman–Crippen MR) is 251 cm³/mol. The highest BCUT2D eigenvalue weighted by atomic mass is 31.2. The van der Waals surface area contributed by atoms with Gasteiger partial charge in [0, 0.05) is 12.8 Å². The molecular weight excluding hydrogens is 898 g/mol. The normalized spacial score (nSPS) is 22.9. The van der Waals surface area contributed by atoms with Crippen LogP contribution < -0.4 is 0 Å². The van der Waals surface area contributed by atoms with E-state index in [2.05, 4.69) is 73.1 Å². The Bertz CT molecular complexity index is 1670. The van der Waals surface area contributed by atoms with Crippen LogP contribution in [0.25, 0.3) is 0 Å². The lowest BCUT2D eigenvalue weighted by Gasteiger charge is -2.43. The lowest BCUT2D eigenvalue weighted by molar-refractivity contribution is -0.216. The average molecular weight is 975 g/mol. The quantitative estimate of drug-likeness (QED) is 0.0100. The summed E-state index contributed by atoms with van der Waals surface area (Å²) in [6.45, 7) is 2.74. The molecule has 0 saturated heterocycles. The maximum Gasteiger partial charge on any atom is 0.472 e. The smallest absolute Gasteiger partial charge is 0.462 e. The van der Waals surface area contributed by atoms with Gasteiger partial charge >= 0.3 is 27.6 Å². The van der Waals surface area contributed by atoms with Crippen molar-refractivity contribution in [1.29, 1.82) is 0 Å². The summed E-state index contributed by atoms with van der Waals surface area (Å²) < 4.78 is 49.1. The van der Waals surface area contributed by atoms with Gasteiger partial charge in [-0.1, -0.05) is 124 Å². The van der Waals surface area contributed by atoms with Crippen LogP contribution >= 0.6 is 15.6 Å². The molecule has 1 saturated carbocycles. The van der Waals surface area contributed by atoms with E-state index in [0.717, 1.165) is 44.9 Å². The van der Waals surface area contributed by atoms with E-state index in [-0.39, 0.29) is 25.7 Å². The SMILES string of the molecule is CC/C=C\C/C=C\C/C=C\C/C=C\C=C\C(O)CCCC(=O)O[C@H](COC(=O)CCCC/C=C\C/C=C\C/C=C\CCCCC)COP(=O)(O)O[C@H]1C(O)C(O)C(O)[C@@H](OP(=O)(O)O)C1O. The van der Waals surface area contributed by atoms with Crippen molar-refractivity contribution >= 4 is 27.6 Å². The third kappa shape index (κ3) is 31.0. The lowest BCUT2D eigenvalue weighted by atomic mass is 9.85. The standard InChI is InChI=1S/C47H76O17P2/c1-3-5-7-9-11-13-15-17-18-20-22-24-26-28-30-34-40(49)60-36-39(37-61-66(58,59)64-47-44(53)42(51)43(52)46(45(47)54)63-65(55,56)57)62-41(50)35-31-33-38(48)32-29-27-25-23-21-19-16-14-12-10-8-6-4-2/h6,8,11-14,17-19,21-22,24-25,27,29,32,38-39,42-48,51-54H,3-5,7,9-10,15-16,20,23,26,28,30-31,33-37H2,1-2H3,(H,58,59)(H2,55,56,57)/b8-6-,13-11-,14-12-,18-17-,21-19-,24-22-,27-25-,32-29+/t38?,39-,42?,43?,44?,45?,46-,47+/m1/s1. The molecule has 1 aliphatic carbocycles. The summed E-state index contributed by atoms with van der Waals surface area (Å²) in [5.74, 6) is -1.47. The number of phosphoric acid groups is 2. The van der Waals surface area contributed by atoms with Gasteiger partial charge in [0.15, 0.2) is 6.10 Å². The summed E-state index contributed by atoms with van der Waals surface area (Å²) in [5.41, 5.74) is 0. The third-order valence-electron chi connectivity index (χ3n) is 9.75. The molecule has 66 heavy (non-hydrogen) atoms. The number of esters is 2. The Hall–Kier alpha value is -3.12. The summed E-state index contributed by atoms with van der Waals surface area (Å²) in [6, 6.07) is 0. The fourth-order valence-corrected chi connectivity index (χ4v) is 7.72. The second-order valence-electron chi connectivity index (χ2n) is 15.6. The molecule has 0 radical (unpaired) electrons. The molecule has 1 fully saturated rings. The van der Waals surface area contributed by atoms with Gasteiger partial charge in [-0.25, -0.2) is 9.13 Å². The number of allylic oxidation sites excluding steroid dienone is 15. The fraction of sp³-hybridized carbons (Fsp3) is 0.617. The van der Waals surface area contributed by atoms with Crippen LogP contribution in [-0.4, -0.2) is 114 Å². The third-order valence-corrected chi connectivity index (χ3v) is 11.2. The van der Waals surface area contributed by atoms with Gasteiger partial charge in [-0.15, -0.1) is 0 Å². The molecule has 19 heteroatoms. The van der Waals surface area contributed by atoms with Crippen LogP contribution in [0.1, 0.15) is 123 Å². The number of hydrogen-bond acceptors (Lipinski definition) is 14. The molecule has 0 bridgehead atoms. The molecule has 0 amide bonds. The monoisotopic (exact) mass is 974 g/mol. The van der Waals surface area contributed by atoms with Crippen LogP contribution in [0.5, 0.6) is 0 Å². The number of ether oxygens (including phenoxy) is 2. The van der Waals surface area contributed by atoms with E-state index in [1.165, 1.54) is 19.3 Å². The van der Waals surface area contributed by atoms with Gasteiger partial charge in [0.2, 0.25) is 0 Å². The van der Waals surface area contributed by atoms with Crippen molar-refractivity contribution in [3.05, 3.63) is 97.2 Å². The van der Waals surface area contributed by atoms with Crippen LogP contribution in [0.3, 0.4) is 0 Å². The number of phosphoric ester groups is 2. The Morgan fingerprint density at radius 2 is 1.09 bits per heavy atom. The molecule has 1 aliphatic rings. The molecular formula is C47H76O17P2. The molecule has 0 aromatic heterocycles. The molecule has 6 unspecified atom stereocenters. The summed E-state index contributed by atoms with van der Waals surface area (Å²) >= 11 is 0. The molecule has 376 valence electrons. The van der Waals surface area contributed by atoms with Crippen molar-refractivity contribution in [3.8, 4) is 0 Å². The largest absolute Gasteiger partial charge is 0.472 e. The molecule has 8 N–H and O–H groups in total. The Morgan fingerprint density at radius 1 is 0.576 bits per heavy atom. The van der Waals surface area contributed by atoms with Gasteiger partial charge < -0.3 is 49.7 Å². The molecule has 0 heterocycles. The Kier molecular flexibility index (Phi) is 34.0. The zero-order chi connectivity index (χ0) is 49.1. The highest BCUT2D eigenvalue weighted by Gasteiger charge is 2.54. The lowest BCUT2D eigenvalue weighted by Crippen LogP contribution is -2.64. The van der Waals surface area contributed by atoms with Gasteiger partial charge in [-0.2, -0.15) is 0 Å². The Labute approximate surface area is 390 Å². The maximum absolute atomic E-state index is 13.0. The number of carbonyl (C=O) groups is 2. The second kappa shape index (κ2) is 36.9. The fourth-order valence-electron chi connectivity index (χ4n) is 6.18. The average Bonchev–Trinajstić information content (AvgIpc) is 3.26. The van der Waals surface area contributed by atoms with E-state index in [1.807, 2.05) is 24.3 Å². The van der Waals surface area contributed by atoms with E-state index >= 15 is 0 Å². The van der Waals surface area contributed by atoms with Crippen molar-refractivity contribution in [1.82, 2.24) is 0 Å². The Morgan fingerprint density at radius 3 is 1.65 bits per heavy atom. The van der Waals surface area contributed by atoms with Crippen molar-refractivity contribution in [2.45, 2.75) is 172 Å². The van der Waals surface area contributed by atoms with E-state index in [0.29, 0.717) is 19.3 Å². The van der Waals surface area contributed by atoms with E-state index in [4.69, 9.17) is 28.3 Å². The van der Waals surface area contributed by atoms with Gasteiger partial charge in [0.25, 0.3) is 0 Å². The number of hydrogen-bond donors (Lipinski definition) is 8. The van der Waals surface area contributed by atoms with Gasteiger partial charge in [-0.05, 0) is 83.5 Å². The summed E-state index contributed by atoms with van der Waals surface area (Å²) in [4.78, 5) is 54.2. The first kappa shape index (κ1) is 60.9. The molecule has 1 rings (SSSR count). The van der Waals surface area contributed by atoms with Crippen molar-refractivity contribution in [3.63, 3.8) is 0 Å². The molecule has 0 spiro atoms. The minimum absolute atomic E-state index is 0.0251. The number of rotatable bonds is 36. The Balaban J connectivity index is 2.74. The van der Waals surface area contributed by atoms with E-state index in [9.17, 15) is 49.1 Å². The van der Waals surface area contributed by atoms with Gasteiger partial charge in [0.05, 0.1) is 12.7 Å². The van der Waals surface area contributed by atoms with Crippen LogP contribution in [0, 0.1) is 0 Å². The zero-order valence-electron chi connectivity index (χ0n) is 38.4. The summed E-state index contributed by atoms with van der Waals surface area (Å²) in [6.07, 6.45) is 28.2. The van der Waals surface area contributed by atoms with Crippen LogP contribution in [0.15, 0.2) is 97.2 Å². The second-order valence-corrected chi connectivity index (χ2v) is 18.2. The minimum Gasteiger partial charge on any atom is -0.462 e. The van der Waals surface area contributed by atoms with Crippen molar-refractivity contribution in [2.75, 3.05) is 13.2 Å². The molecule has 0 aliphatic heterocycles. The molecule has 17 nitrogen and oxygen atoms in total. The van der Waals surface area contributed by atoms with Crippen molar-refractivity contribution < 1.29 is 82.0 Å². The summed E-state index contributed by atoms with van der Waals surface area (Å²) in [7, 11) is -10.8. The van der Waals surface area contributed by atoms with Crippen LogP contribution in [0.2, 0.25) is 0 Å². The van der Waals surface area contributed by atoms with E-state index < -0.39 is 89.6 Å². The topological polar surface area (TPSA) is 276 Å². The van der Waals surface area contributed by atoms with Crippen LogP contribution in [0.4, 0.5) is 0 Å². The number of carbonyl (C=O) groups excluding carboxylic acids is 2. The first-order chi connectivity index (χ1) is 31.5. The zero-order valence-corrected chi connectivity index (χ0v) is 40.2. The highest BCUT2D eigenvalue weighted by molar-refractivity contribution is 7.47. The van der Waals surface area contributed by atoms with Crippen molar-refractivity contribution in [2.24, 2.45) is 0 Å². The number of unbranched alkanes of at least 4 members (excludes halogenated alkanes) is 5. The molecule has 0 aromatic rings.